The molecule has 0 N–H and O–H groups in total. The van der Waals surface area contributed by atoms with Crippen molar-refractivity contribution in [3.63, 3.8) is 0 Å². The molecule has 1 aliphatic rings. The van der Waals surface area contributed by atoms with Crippen molar-refractivity contribution >= 4 is 12.0 Å². The van der Waals surface area contributed by atoms with Gasteiger partial charge in [-0.2, -0.15) is 0 Å². The van der Waals surface area contributed by atoms with Crippen LogP contribution in [0.1, 0.15) is 12.5 Å². The minimum atomic E-state index is -0.597. The molecule has 0 aliphatic carbocycles. The predicted molar refractivity (Wildman–Crippen MR) is 55.2 cm³/mol. The fourth-order valence-electron chi connectivity index (χ4n) is 1.40. The minimum Gasteiger partial charge on any atom is -0.448 e. The zero-order valence-corrected chi connectivity index (χ0v) is 8.40. The molecule has 0 saturated carbocycles. The van der Waals surface area contributed by atoms with Crippen molar-refractivity contribution in [3.05, 3.63) is 29.8 Å². The molecular formula is C11H11NO3. The lowest BCUT2D eigenvalue weighted by molar-refractivity contribution is 0.163. The first-order chi connectivity index (χ1) is 7.29. The normalized spacial score (nSPS) is 15.9. The summed E-state index contributed by atoms with van der Waals surface area (Å²) in [6, 6.07) is 7.60. The third kappa shape index (κ3) is 2.15. The monoisotopic (exact) mass is 205 g/mol. The fourth-order valence-corrected chi connectivity index (χ4v) is 1.40. The summed E-state index contributed by atoms with van der Waals surface area (Å²) in [4.78, 5) is 14.8. The van der Waals surface area contributed by atoms with Gasteiger partial charge in [0.2, 0.25) is 5.90 Å². The Morgan fingerprint density at radius 1 is 1.53 bits per heavy atom. The maximum Gasteiger partial charge on any atom is 0.436 e. The molecule has 0 radical (unpaired) electrons. The summed E-state index contributed by atoms with van der Waals surface area (Å²) >= 11 is 0. The number of carbonyl (C=O) groups excluding carboxylic acids is 1. The Hall–Kier alpha value is -1.84. The first-order valence-corrected chi connectivity index (χ1v) is 4.79. The molecule has 1 aromatic rings. The van der Waals surface area contributed by atoms with Crippen LogP contribution >= 0.6 is 0 Å². The van der Waals surface area contributed by atoms with E-state index in [1.807, 2.05) is 24.3 Å². The number of para-hydroxylation sites is 1. The zero-order valence-electron chi connectivity index (χ0n) is 8.40. The maximum atomic E-state index is 11.1. The molecule has 0 atom stereocenters. The summed E-state index contributed by atoms with van der Waals surface area (Å²) in [5.74, 6) is 1.16. The van der Waals surface area contributed by atoms with Gasteiger partial charge in [-0.1, -0.05) is 18.2 Å². The molecule has 0 bridgehead atoms. The highest BCUT2D eigenvalue weighted by atomic mass is 16.6. The molecular weight excluding hydrogens is 194 g/mol. The second-order valence-corrected chi connectivity index (χ2v) is 3.09. The van der Waals surface area contributed by atoms with E-state index in [1.54, 1.807) is 6.92 Å². The summed E-state index contributed by atoms with van der Waals surface area (Å²) < 4.78 is 10.1. The quantitative estimate of drug-likeness (QED) is 0.706. The highest BCUT2D eigenvalue weighted by molar-refractivity contribution is 5.93. The second-order valence-electron chi connectivity index (χ2n) is 3.09. The number of benzene rings is 1. The summed E-state index contributed by atoms with van der Waals surface area (Å²) in [7, 11) is 0. The molecule has 1 aliphatic heterocycles. The Balaban J connectivity index is 2.10. The largest absolute Gasteiger partial charge is 0.448 e. The van der Waals surface area contributed by atoms with Crippen molar-refractivity contribution in [1.82, 2.24) is 0 Å². The van der Waals surface area contributed by atoms with Crippen LogP contribution in [0.5, 0.6) is 5.75 Å². The SMILES string of the molecule is CCOC(=O)N=C1Cc2ccccc2O1. The van der Waals surface area contributed by atoms with Crippen LogP contribution < -0.4 is 4.74 Å². The Labute approximate surface area is 87.5 Å². The van der Waals surface area contributed by atoms with Gasteiger partial charge in [0.1, 0.15) is 5.75 Å². The average Bonchev–Trinajstić information content (AvgIpc) is 2.59. The summed E-state index contributed by atoms with van der Waals surface area (Å²) in [6.07, 6.45) is -0.0464. The lowest BCUT2D eigenvalue weighted by Crippen LogP contribution is -2.08. The van der Waals surface area contributed by atoms with Gasteiger partial charge in [0, 0.05) is 5.56 Å². The standard InChI is InChI=1S/C11H11NO3/c1-2-14-11(13)12-10-7-8-5-3-4-6-9(8)15-10/h3-6H,2,7H2,1H3. The van der Waals surface area contributed by atoms with E-state index < -0.39 is 6.09 Å². The lowest BCUT2D eigenvalue weighted by Gasteiger charge is -1.97. The van der Waals surface area contributed by atoms with Gasteiger partial charge in [0.15, 0.2) is 0 Å². The summed E-state index contributed by atoms with van der Waals surface area (Å²) in [5, 5.41) is 0. The van der Waals surface area contributed by atoms with Gasteiger partial charge in [-0.05, 0) is 13.0 Å². The molecule has 2 rings (SSSR count). The molecule has 78 valence electrons. The first kappa shape index (κ1) is 9.71. The molecule has 1 heterocycles. The van der Waals surface area contributed by atoms with Gasteiger partial charge in [-0.25, -0.2) is 4.79 Å². The van der Waals surface area contributed by atoms with Crippen molar-refractivity contribution in [2.75, 3.05) is 6.61 Å². The van der Waals surface area contributed by atoms with Crippen LogP contribution in [-0.4, -0.2) is 18.6 Å². The number of hydrogen-bond acceptors (Lipinski definition) is 3. The van der Waals surface area contributed by atoms with Crippen molar-refractivity contribution in [3.8, 4) is 5.75 Å². The Kier molecular flexibility index (Phi) is 2.67. The van der Waals surface area contributed by atoms with E-state index in [0.29, 0.717) is 18.9 Å². The number of hydrogen-bond donors (Lipinski definition) is 0. The van der Waals surface area contributed by atoms with Gasteiger partial charge < -0.3 is 9.47 Å². The van der Waals surface area contributed by atoms with Crippen molar-refractivity contribution in [1.29, 1.82) is 0 Å². The number of fused-ring (bicyclic) bond motifs is 1. The molecule has 4 nitrogen and oxygen atoms in total. The van der Waals surface area contributed by atoms with E-state index in [-0.39, 0.29) is 0 Å². The van der Waals surface area contributed by atoms with Crippen molar-refractivity contribution in [2.24, 2.45) is 4.99 Å². The van der Waals surface area contributed by atoms with Crippen LogP contribution in [0.4, 0.5) is 4.79 Å². The van der Waals surface area contributed by atoms with E-state index >= 15 is 0 Å². The first-order valence-electron chi connectivity index (χ1n) is 4.79. The Bertz CT molecular complexity index is 385. The molecule has 0 aromatic heterocycles. The van der Waals surface area contributed by atoms with E-state index in [0.717, 1.165) is 11.3 Å². The van der Waals surface area contributed by atoms with Crippen LogP contribution in [0.2, 0.25) is 0 Å². The minimum absolute atomic E-state index is 0.322. The van der Waals surface area contributed by atoms with Gasteiger partial charge in [-0.3, -0.25) is 0 Å². The maximum absolute atomic E-state index is 11.1. The number of aliphatic imine (C=N–C) groups is 1. The molecule has 4 heteroatoms. The Morgan fingerprint density at radius 2 is 2.33 bits per heavy atom. The molecule has 15 heavy (non-hydrogen) atoms. The molecule has 0 spiro atoms. The average molecular weight is 205 g/mol. The van der Waals surface area contributed by atoms with Crippen molar-refractivity contribution in [2.45, 2.75) is 13.3 Å². The van der Waals surface area contributed by atoms with Crippen LogP contribution in [0.25, 0.3) is 0 Å². The summed E-state index contributed by atoms with van der Waals surface area (Å²) in [5.41, 5.74) is 1.04. The van der Waals surface area contributed by atoms with Gasteiger partial charge >= 0.3 is 6.09 Å². The predicted octanol–water partition coefficient (Wildman–Crippen LogP) is 2.18. The number of amides is 1. The topological polar surface area (TPSA) is 47.9 Å². The third-order valence-electron chi connectivity index (χ3n) is 2.03. The highest BCUT2D eigenvalue weighted by Crippen LogP contribution is 2.25. The number of nitrogens with zero attached hydrogens (tertiary/aromatic N) is 1. The van der Waals surface area contributed by atoms with Crippen LogP contribution in [0.3, 0.4) is 0 Å². The Morgan fingerprint density at radius 3 is 3.07 bits per heavy atom. The molecule has 0 unspecified atom stereocenters. The fraction of sp³-hybridized carbons (Fsp3) is 0.273. The zero-order chi connectivity index (χ0) is 10.7. The molecule has 0 fully saturated rings. The van der Waals surface area contributed by atoms with Crippen LogP contribution in [0, 0.1) is 0 Å². The van der Waals surface area contributed by atoms with Gasteiger partial charge in [0.25, 0.3) is 0 Å². The van der Waals surface area contributed by atoms with Crippen LogP contribution in [0.15, 0.2) is 29.3 Å². The van der Waals surface area contributed by atoms with Crippen LogP contribution in [-0.2, 0) is 11.2 Å². The summed E-state index contributed by atoms with van der Waals surface area (Å²) in [6.45, 7) is 2.06. The van der Waals surface area contributed by atoms with E-state index in [9.17, 15) is 4.79 Å². The number of rotatable bonds is 1. The van der Waals surface area contributed by atoms with Gasteiger partial charge in [0.05, 0.1) is 13.0 Å². The third-order valence-corrected chi connectivity index (χ3v) is 2.03. The smallest absolute Gasteiger partial charge is 0.436 e. The van der Waals surface area contributed by atoms with Gasteiger partial charge in [-0.15, -0.1) is 4.99 Å². The molecule has 1 amide bonds. The molecule has 1 aromatic carbocycles. The van der Waals surface area contributed by atoms with Crippen molar-refractivity contribution < 1.29 is 14.3 Å². The van der Waals surface area contributed by atoms with E-state index in [1.165, 1.54) is 0 Å². The van der Waals surface area contributed by atoms with E-state index in [4.69, 9.17) is 9.47 Å². The van der Waals surface area contributed by atoms with E-state index in [2.05, 4.69) is 4.99 Å². The number of carbonyl (C=O) groups is 1. The second kappa shape index (κ2) is 4.13. The number of ether oxygens (including phenoxy) is 2. The highest BCUT2D eigenvalue weighted by Gasteiger charge is 2.18. The lowest BCUT2D eigenvalue weighted by atomic mass is 10.2. The molecule has 0 saturated heterocycles.